The van der Waals surface area contributed by atoms with Crippen molar-refractivity contribution in [3.63, 3.8) is 0 Å². The predicted molar refractivity (Wildman–Crippen MR) is 82.7 cm³/mol. The second-order valence-electron chi connectivity index (χ2n) is 7.76. The Morgan fingerprint density at radius 3 is 2.55 bits per heavy atom. The van der Waals surface area contributed by atoms with E-state index in [0.717, 1.165) is 24.8 Å². The Kier molecular flexibility index (Phi) is 3.65. The van der Waals surface area contributed by atoms with E-state index in [-0.39, 0.29) is 0 Å². The van der Waals surface area contributed by atoms with Crippen molar-refractivity contribution in [1.29, 1.82) is 0 Å². The maximum absolute atomic E-state index is 4.77. The summed E-state index contributed by atoms with van der Waals surface area (Å²) in [5.74, 6) is 2.05. The number of nitrogens with one attached hydrogen (secondary N) is 1. The van der Waals surface area contributed by atoms with Crippen molar-refractivity contribution in [2.45, 2.75) is 65.5 Å². The van der Waals surface area contributed by atoms with Crippen molar-refractivity contribution in [1.82, 2.24) is 15.1 Å². The molecule has 3 rings (SSSR count). The summed E-state index contributed by atoms with van der Waals surface area (Å²) >= 11 is 0. The largest absolute Gasteiger partial charge is 0.314 e. The van der Waals surface area contributed by atoms with Crippen LogP contribution in [0.1, 0.15) is 58.7 Å². The zero-order valence-electron chi connectivity index (χ0n) is 13.4. The average Bonchev–Trinajstić information content (AvgIpc) is 2.81. The third-order valence-electron chi connectivity index (χ3n) is 5.09. The number of nitrogens with zero attached hydrogens (tertiary/aromatic N) is 2. The van der Waals surface area contributed by atoms with Gasteiger partial charge in [0.25, 0.3) is 0 Å². The van der Waals surface area contributed by atoms with Crippen molar-refractivity contribution in [3.05, 3.63) is 18.0 Å². The van der Waals surface area contributed by atoms with Crippen LogP contribution >= 0.6 is 0 Å². The molecule has 112 valence electrons. The fraction of sp³-hybridized carbons (Fsp3) is 0.824. The first-order valence-corrected chi connectivity index (χ1v) is 8.25. The van der Waals surface area contributed by atoms with E-state index in [1.165, 1.54) is 25.0 Å². The fourth-order valence-electron chi connectivity index (χ4n) is 3.92. The molecule has 0 saturated heterocycles. The number of hydrogen-bond donors (Lipinski definition) is 1. The van der Waals surface area contributed by atoms with Crippen molar-refractivity contribution in [3.8, 4) is 0 Å². The van der Waals surface area contributed by atoms with Crippen LogP contribution in [0, 0.1) is 17.3 Å². The Morgan fingerprint density at radius 2 is 2.00 bits per heavy atom. The lowest BCUT2D eigenvalue weighted by atomic mass is 9.78. The van der Waals surface area contributed by atoms with Gasteiger partial charge in [0, 0.05) is 24.8 Å². The molecule has 3 nitrogen and oxygen atoms in total. The Bertz CT molecular complexity index is 451. The van der Waals surface area contributed by atoms with Crippen molar-refractivity contribution < 1.29 is 0 Å². The molecule has 0 amide bonds. The lowest BCUT2D eigenvalue weighted by molar-refractivity contribution is 0.238. The van der Waals surface area contributed by atoms with Crippen LogP contribution in [0.25, 0.3) is 0 Å². The summed E-state index contributed by atoms with van der Waals surface area (Å²) in [6.07, 6.45) is 7.60. The molecule has 1 N–H and O–H groups in total. The van der Waals surface area contributed by atoms with Crippen LogP contribution in [0.2, 0.25) is 0 Å². The summed E-state index contributed by atoms with van der Waals surface area (Å²) < 4.78 is 2.09. The first kappa shape index (κ1) is 14.1. The maximum atomic E-state index is 4.77. The average molecular weight is 275 g/mol. The van der Waals surface area contributed by atoms with E-state index in [2.05, 4.69) is 50.0 Å². The minimum Gasteiger partial charge on any atom is -0.314 e. The molecule has 2 aliphatic rings. The minimum atomic E-state index is 0.463. The molecule has 2 atom stereocenters. The van der Waals surface area contributed by atoms with Crippen molar-refractivity contribution in [2.24, 2.45) is 17.3 Å². The summed E-state index contributed by atoms with van der Waals surface area (Å²) in [4.78, 5) is 0. The number of rotatable bonds is 6. The third kappa shape index (κ3) is 2.93. The van der Waals surface area contributed by atoms with Gasteiger partial charge in [-0.25, -0.2) is 0 Å². The zero-order chi connectivity index (χ0) is 14.3. The highest BCUT2D eigenvalue weighted by molar-refractivity contribution is 5.11. The standard InChI is InChI=1S/C17H29N3/c1-12(2)18-11-17(8-14-7-15(14)9-17)10-16-5-6-20(19-16)13(3)4/h5-6,12-15,18H,7-11H2,1-4H3. The van der Waals surface area contributed by atoms with Crippen molar-refractivity contribution in [2.75, 3.05) is 6.54 Å². The molecule has 3 heteroatoms. The van der Waals surface area contributed by atoms with Crippen LogP contribution in [-0.4, -0.2) is 22.4 Å². The Morgan fingerprint density at radius 1 is 1.30 bits per heavy atom. The van der Waals surface area contributed by atoms with Crippen LogP contribution in [-0.2, 0) is 6.42 Å². The normalized spacial score (nSPS) is 32.1. The monoisotopic (exact) mass is 275 g/mol. The molecule has 0 aromatic carbocycles. The molecule has 2 fully saturated rings. The second kappa shape index (κ2) is 5.18. The third-order valence-corrected chi connectivity index (χ3v) is 5.09. The van der Waals surface area contributed by atoms with Gasteiger partial charge in [-0.1, -0.05) is 13.8 Å². The molecule has 20 heavy (non-hydrogen) atoms. The van der Waals surface area contributed by atoms with Crippen LogP contribution in [0.3, 0.4) is 0 Å². The van der Waals surface area contributed by atoms with Gasteiger partial charge in [-0.05, 0) is 62.8 Å². The van der Waals surface area contributed by atoms with Gasteiger partial charge in [-0.2, -0.15) is 5.10 Å². The maximum Gasteiger partial charge on any atom is 0.0630 e. The molecule has 2 aliphatic carbocycles. The van der Waals surface area contributed by atoms with E-state index in [9.17, 15) is 0 Å². The Labute approximate surface area is 123 Å². The van der Waals surface area contributed by atoms with Gasteiger partial charge in [0.15, 0.2) is 0 Å². The number of aromatic nitrogens is 2. The quantitative estimate of drug-likeness (QED) is 0.862. The molecule has 1 aromatic heterocycles. The van der Waals surface area contributed by atoms with Gasteiger partial charge in [-0.3, -0.25) is 4.68 Å². The predicted octanol–water partition coefficient (Wildman–Crippen LogP) is 3.42. The molecule has 0 aliphatic heterocycles. The van der Waals surface area contributed by atoms with E-state index in [1.54, 1.807) is 0 Å². The summed E-state index contributed by atoms with van der Waals surface area (Å²) in [5.41, 5.74) is 1.75. The number of fused-ring (bicyclic) bond motifs is 1. The molecule has 0 bridgehead atoms. The fourth-order valence-corrected chi connectivity index (χ4v) is 3.92. The van der Waals surface area contributed by atoms with E-state index in [4.69, 9.17) is 5.10 Å². The van der Waals surface area contributed by atoms with Crippen LogP contribution < -0.4 is 5.32 Å². The van der Waals surface area contributed by atoms with E-state index >= 15 is 0 Å². The Balaban J connectivity index is 1.69. The summed E-state index contributed by atoms with van der Waals surface area (Å²) in [6, 6.07) is 3.27. The summed E-state index contributed by atoms with van der Waals surface area (Å²) in [6.45, 7) is 10.0. The van der Waals surface area contributed by atoms with Gasteiger partial charge in [0.05, 0.1) is 5.69 Å². The zero-order valence-corrected chi connectivity index (χ0v) is 13.4. The van der Waals surface area contributed by atoms with Gasteiger partial charge in [-0.15, -0.1) is 0 Å². The van der Waals surface area contributed by atoms with E-state index in [0.29, 0.717) is 17.5 Å². The molecular formula is C17H29N3. The highest BCUT2D eigenvalue weighted by Crippen LogP contribution is 2.60. The summed E-state index contributed by atoms with van der Waals surface area (Å²) in [5, 5.41) is 8.46. The van der Waals surface area contributed by atoms with Crippen LogP contribution in [0.15, 0.2) is 12.3 Å². The SMILES string of the molecule is CC(C)NCC1(Cc2ccn(C(C)C)n2)CC2CC2C1. The highest BCUT2D eigenvalue weighted by atomic mass is 15.3. The minimum absolute atomic E-state index is 0.463. The van der Waals surface area contributed by atoms with Gasteiger partial charge < -0.3 is 5.32 Å². The molecule has 0 radical (unpaired) electrons. The molecule has 1 heterocycles. The van der Waals surface area contributed by atoms with Crippen LogP contribution in [0.5, 0.6) is 0 Å². The first-order chi connectivity index (χ1) is 9.47. The van der Waals surface area contributed by atoms with Crippen molar-refractivity contribution >= 4 is 0 Å². The molecule has 1 aromatic rings. The second-order valence-corrected chi connectivity index (χ2v) is 7.76. The lowest BCUT2D eigenvalue weighted by Crippen LogP contribution is -2.38. The van der Waals surface area contributed by atoms with Crippen LogP contribution in [0.4, 0.5) is 0 Å². The smallest absolute Gasteiger partial charge is 0.0630 e. The van der Waals surface area contributed by atoms with Gasteiger partial charge >= 0.3 is 0 Å². The molecule has 0 spiro atoms. The number of hydrogen-bond acceptors (Lipinski definition) is 2. The molecular weight excluding hydrogens is 246 g/mol. The highest BCUT2D eigenvalue weighted by Gasteiger charge is 2.53. The molecule has 2 saturated carbocycles. The topological polar surface area (TPSA) is 29.9 Å². The van der Waals surface area contributed by atoms with Gasteiger partial charge in [0.1, 0.15) is 0 Å². The van der Waals surface area contributed by atoms with E-state index < -0.39 is 0 Å². The summed E-state index contributed by atoms with van der Waals surface area (Å²) in [7, 11) is 0. The Hall–Kier alpha value is -0.830. The first-order valence-electron chi connectivity index (χ1n) is 8.25. The molecule has 2 unspecified atom stereocenters. The lowest BCUT2D eigenvalue weighted by Gasteiger charge is -2.31. The van der Waals surface area contributed by atoms with Gasteiger partial charge in [0.2, 0.25) is 0 Å². The van der Waals surface area contributed by atoms with E-state index in [1.807, 2.05) is 0 Å².